The molecule has 0 saturated heterocycles. The molecular formula is C15H23BrFNO. The van der Waals surface area contributed by atoms with Gasteiger partial charge in [0.25, 0.3) is 0 Å². The standard InChI is InChI=1S/C15H23BrFNO/c1-5-6-12(10-18-15(2,3)4)19-11-7-8-14(17)13(16)9-11/h7-9,12,18H,5-6,10H2,1-4H3. The maximum atomic E-state index is 13.2. The zero-order valence-electron chi connectivity index (χ0n) is 12.1. The van der Waals surface area contributed by atoms with Gasteiger partial charge < -0.3 is 10.1 Å². The fourth-order valence-electron chi connectivity index (χ4n) is 1.69. The summed E-state index contributed by atoms with van der Waals surface area (Å²) >= 11 is 3.18. The molecule has 0 heterocycles. The molecule has 1 aromatic rings. The first-order valence-electron chi connectivity index (χ1n) is 6.68. The Kier molecular flexibility index (Phi) is 6.27. The van der Waals surface area contributed by atoms with Crippen LogP contribution in [0.2, 0.25) is 0 Å². The van der Waals surface area contributed by atoms with Crippen LogP contribution in [0.1, 0.15) is 40.5 Å². The largest absolute Gasteiger partial charge is 0.489 e. The lowest BCUT2D eigenvalue weighted by Crippen LogP contribution is -2.42. The van der Waals surface area contributed by atoms with E-state index in [9.17, 15) is 4.39 Å². The van der Waals surface area contributed by atoms with E-state index in [1.807, 2.05) is 0 Å². The number of ether oxygens (including phenoxy) is 1. The molecule has 0 aliphatic heterocycles. The van der Waals surface area contributed by atoms with Crippen LogP contribution in [-0.4, -0.2) is 18.2 Å². The van der Waals surface area contributed by atoms with Gasteiger partial charge in [-0.15, -0.1) is 0 Å². The second-order valence-corrected chi connectivity index (χ2v) is 6.59. The van der Waals surface area contributed by atoms with Crippen LogP contribution >= 0.6 is 15.9 Å². The summed E-state index contributed by atoms with van der Waals surface area (Å²) in [6, 6.07) is 4.76. The van der Waals surface area contributed by atoms with Crippen molar-refractivity contribution < 1.29 is 9.13 Å². The Morgan fingerprint density at radius 2 is 2.05 bits per heavy atom. The summed E-state index contributed by atoms with van der Waals surface area (Å²) in [4.78, 5) is 0. The molecule has 108 valence electrons. The fraction of sp³-hybridized carbons (Fsp3) is 0.600. The lowest BCUT2D eigenvalue weighted by molar-refractivity contribution is 0.174. The molecule has 2 nitrogen and oxygen atoms in total. The number of nitrogens with one attached hydrogen (secondary N) is 1. The van der Waals surface area contributed by atoms with E-state index in [0.717, 1.165) is 19.4 Å². The minimum atomic E-state index is -0.271. The van der Waals surface area contributed by atoms with Crippen molar-refractivity contribution in [3.8, 4) is 5.75 Å². The summed E-state index contributed by atoms with van der Waals surface area (Å²) in [5.74, 6) is 0.426. The van der Waals surface area contributed by atoms with Crippen LogP contribution in [-0.2, 0) is 0 Å². The van der Waals surface area contributed by atoms with Gasteiger partial charge in [0.1, 0.15) is 17.7 Å². The predicted molar refractivity (Wildman–Crippen MR) is 81.2 cm³/mol. The lowest BCUT2D eigenvalue weighted by atomic mass is 10.1. The van der Waals surface area contributed by atoms with Gasteiger partial charge >= 0.3 is 0 Å². The van der Waals surface area contributed by atoms with Crippen LogP contribution in [0.3, 0.4) is 0 Å². The molecule has 0 amide bonds. The molecule has 1 N–H and O–H groups in total. The first kappa shape index (κ1) is 16.4. The van der Waals surface area contributed by atoms with Crippen LogP contribution in [0.25, 0.3) is 0 Å². The molecule has 0 fully saturated rings. The van der Waals surface area contributed by atoms with Gasteiger partial charge in [0, 0.05) is 12.1 Å². The number of benzene rings is 1. The Bertz CT molecular complexity index is 404. The van der Waals surface area contributed by atoms with Crippen LogP contribution < -0.4 is 10.1 Å². The quantitative estimate of drug-likeness (QED) is 0.827. The molecule has 1 unspecified atom stereocenters. The first-order chi connectivity index (χ1) is 8.81. The second-order valence-electron chi connectivity index (χ2n) is 5.74. The van der Waals surface area contributed by atoms with Gasteiger partial charge in [-0.1, -0.05) is 13.3 Å². The van der Waals surface area contributed by atoms with Gasteiger partial charge in [0.2, 0.25) is 0 Å². The molecular weight excluding hydrogens is 309 g/mol. The van der Waals surface area contributed by atoms with E-state index in [-0.39, 0.29) is 17.5 Å². The van der Waals surface area contributed by atoms with Gasteiger partial charge in [-0.05, 0) is 61.3 Å². The molecule has 0 aliphatic rings. The van der Waals surface area contributed by atoms with E-state index in [0.29, 0.717) is 10.2 Å². The highest BCUT2D eigenvalue weighted by molar-refractivity contribution is 9.10. The minimum absolute atomic E-state index is 0.0682. The summed E-state index contributed by atoms with van der Waals surface area (Å²) < 4.78 is 19.5. The predicted octanol–water partition coefficient (Wildman–Crippen LogP) is 4.52. The highest BCUT2D eigenvalue weighted by Gasteiger charge is 2.15. The average Bonchev–Trinajstić information content (AvgIpc) is 2.30. The van der Waals surface area contributed by atoms with Crippen molar-refractivity contribution in [2.75, 3.05) is 6.54 Å². The van der Waals surface area contributed by atoms with Crippen molar-refractivity contribution in [1.82, 2.24) is 5.32 Å². The Hall–Kier alpha value is -0.610. The van der Waals surface area contributed by atoms with Crippen LogP contribution in [0.5, 0.6) is 5.75 Å². The Morgan fingerprint density at radius 1 is 1.37 bits per heavy atom. The molecule has 0 spiro atoms. The highest BCUT2D eigenvalue weighted by atomic mass is 79.9. The van der Waals surface area contributed by atoms with E-state index in [1.165, 1.54) is 6.07 Å². The van der Waals surface area contributed by atoms with Crippen molar-refractivity contribution in [2.45, 2.75) is 52.2 Å². The van der Waals surface area contributed by atoms with Gasteiger partial charge in [0.15, 0.2) is 0 Å². The summed E-state index contributed by atoms with van der Waals surface area (Å²) in [5, 5.41) is 3.44. The number of hydrogen-bond acceptors (Lipinski definition) is 2. The first-order valence-corrected chi connectivity index (χ1v) is 7.48. The lowest BCUT2D eigenvalue weighted by Gasteiger charge is -2.26. The minimum Gasteiger partial charge on any atom is -0.489 e. The molecule has 0 saturated carbocycles. The smallest absolute Gasteiger partial charge is 0.137 e. The molecule has 0 bridgehead atoms. The molecule has 4 heteroatoms. The molecule has 1 atom stereocenters. The third kappa shape index (κ3) is 6.39. The molecule has 0 aliphatic carbocycles. The van der Waals surface area contributed by atoms with Crippen molar-refractivity contribution in [2.24, 2.45) is 0 Å². The number of rotatable bonds is 6. The summed E-state index contributed by atoms with van der Waals surface area (Å²) in [5.41, 5.74) is 0.0682. The summed E-state index contributed by atoms with van der Waals surface area (Å²) in [7, 11) is 0. The molecule has 0 radical (unpaired) electrons. The zero-order valence-corrected chi connectivity index (χ0v) is 13.7. The molecule has 19 heavy (non-hydrogen) atoms. The normalized spacial score (nSPS) is 13.4. The Labute approximate surface area is 123 Å². The third-order valence-corrected chi connectivity index (χ3v) is 3.27. The van der Waals surface area contributed by atoms with Gasteiger partial charge in [-0.25, -0.2) is 4.39 Å². The van der Waals surface area contributed by atoms with E-state index < -0.39 is 0 Å². The Morgan fingerprint density at radius 3 is 2.58 bits per heavy atom. The maximum absolute atomic E-state index is 13.2. The summed E-state index contributed by atoms with van der Waals surface area (Å²) in [6.07, 6.45) is 2.12. The average molecular weight is 332 g/mol. The van der Waals surface area contributed by atoms with E-state index >= 15 is 0 Å². The van der Waals surface area contributed by atoms with Gasteiger partial charge in [-0.2, -0.15) is 0 Å². The third-order valence-electron chi connectivity index (χ3n) is 2.66. The Balaban J connectivity index is 2.64. The van der Waals surface area contributed by atoms with Crippen LogP contribution in [0, 0.1) is 5.82 Å². The van der Waals surface area contributed by atoms with Gasteiger partial charge in [0.05, 0.1) is 4.47 Å². The van der Waals surface area contributed by atoms with E-state index in [4.69, 9.17) is 4.74 Å². The maximum Gasteiger partial charge on any atom is 0.137 e. The molecule has 1 aromatic carbocycles. The summed E-state index contributed by atoms with van der Waals surface area (Å²) in [6.45, 7) is 9.31. The topological polar surface area (TPSA) is 21.3 Å². The monoisotopic (exact) mass is 331 g/mol. The van der Waals surface area contributed by atoms with Crippen LogP contribution in [0.15, 0.2) is 22.7 Å². The SMILES string of the molecule is CCCC(CNC(C)(C)C)Oc1ccc(F)c(Br)c1. The number of hydrogen-bond donors (Lipinski definition) is 1. The fourth-order valence-corrected chi connectivity index (χ4v) is 2.05. The zero-order chi connectivity index (χ0) is 14.5. The van der Waals surface area contributed by atoms with Crippen molar-refractivity contribution in [3.05, 3.63) is 28.5 Å². The number of halogens is 2. The van der Waals surface area contributed by atoms with Crippen LogP contribution in [0.4, 0.5) is 4.39 Å². The van der Waals surface area contributed by atoms with E-state index in [1.54, 1.807) is 12.1 Å². The highest BCUT2D eigenvalue weighted by Crippen LogP contribution is 2.23. The van der Waals surface area contributed by atoms with Crippen molar-refractivity contribution in [3.63, 3.8) is 0 Å². The second kappa shape index (κ2) is 7.25. The molecule has 1 rings (SSSR count). The van der Waals surface area contributed by atoms with Crippen molar-refractivity contribution >= 4 is 15.9 Å². The van der Waals surface area contributed by atoms with Crippen molar-refractivity contribution in [1.29, 1.82) is 0 Å². The van der Waals surface area contributed by atoms with Gasteiger partial charge in [-0.3, -0.25) is 0 Å². The van der Waals surface area contributed by atoms with E-state index in [2.05, 4.69) is 48.9 Å². The molecule has 0 aromatic heterocycles.